The van der Waals surface area contributed by atoms with E-state index >= 15 is 0 Å². The molecule has 0 bridgehead atoms. The van der Waals surface area contributed by atoms with Gasteiger partial charge in [0.25, 0.3) is 5.91 Å². The Kier molecular flexibility index (Phi) is 6.94. The van der Waals surface area contributed by atoms with Crippen LogP contribution in [0.25, 0.3) is 0 Å². The first-order valence-electron chi connectivity index (χ1n) is 10.6. The molecule has 4 rings (SSSR count). The Hall–Kier alpha value is -3.07. The molecule has 1 aliphatic rings. The second kappa shape index (κ2) is 10.0. The second-order valence-electron chi connectivity index (χ2n) is 7.73. The molecule has 1 N–H and O–H groups in total. The van der Waals surface area contributed by atoms with Crippen molar-refractivity contribution >= 4 is 15.9 Å². The van der Waals surface area contributed by atoms with Crippen LogP contribution in [0, 0.1) is 0 Å². The number of nitrogens with one attached hydrogen (secondary N) is 1. The fraction of sp³-hybridized carbons (Fsp3) is 0.250. The summed E-state index contributed by atoms with van der Waals surface area (Å²) < 4.78 is 28.1. The van der Waals surface area contributed by atoms with Crippen LogP contribution in [0.3, 0.4) is 0 Å². The minimum Gasteiger partial charge on any atom is -0.336 e. The maximum absolute atomic E-state index is 13.0. The predicted octanol–water partition coefficient (Wildman–Crippen LogP) is 2.52. The van der Waals surface area contributed by atoms with Crippen molar-refractivity contribution in [1.29, 1.82) is 0 Å². The lowest BCUT2D eigenvalue weighted by Crippen LogP contribution is -2.48. The number of aromatic nitrogens is 1. The van der Waals surface area contributed by atoms with E-state index in [9.17, 15) is 13.2 Å². The lowest BCUT2D eigenvalue weighted by Gasteiger charge is -2.34. The summed E-state index contributed by atoms with van der Waals surface area (Å²) in [6.45, 7) is 3.63. The molecule has 8 heteroatoms. The standard InChI is InChI=1S/C24H26N4O3S/c29-24(28-15-13-27(14-16-28)19-22-10-4-5-12-25-22)21-9-6-11-23(17-21)32(30,31)26-18-20-7-2-1-3-8-20/h1-12,17,26H,13-16,18-19H2. The summed E-state index contributed by atoms with van der Waals surface area (Å²) >= 11 is 0. The van der Waals surface area contributed by atoms with Crippen molar-refractivity contribution in [2.75, 3.05) is 26.2 Å². The van der Waals surface area contributed by atoms with Crippen LogP contribution >= 0.6 is 0 Å². The zero-order valence-electron chi connectivity index (χ0n) is 17.7. The molecule has 0 atom stereocenters. The Morgan fingerprint density at radius 1 is 0.906 bits per heavy atom. The molecule has 2 heterocycles. The Bertz CT molecular complexity index is 1150. The van der Waals surface area contributed by atoms with Gasteiger partial charge in [0.2, 0.25) is 10.0 Å². The van der Waals surface area contributed by atoms with Crippen LogP contribution in [-0.4, -0.2) is 55.3 Å². The normalized spacial score (nSPS) is 14.9. The van der Waals surface area contributed by atoms with Gasteiger partial charge in [-0.25, -0.2) is 13.1 Å². The van der Waals surface area contributed by atoms with E-state index in [1.807, 2.05) is 48.5 Å². The lowest BCUT2D eigenvalue weighted by atomic mass is 10.2. The molecule has 1 fully saturated rings. The number of hydrogen-bond acceptors (Lipinski definition) is 5. The molecule has 1 saturated heterocycles. The molecule has 166 valence electrons. The third-order valence-electron chi connectivity index (χ3n) is 5.47. The maximum Gasteiger partial charge on any atom is 0.253 e. The summed E-state index contributed by atoms with van der Waals surface area (Å²) in [5, 5.41) is 0. The van der Waals surface area contributed by atoms with E-state index in [1.165, 1.54) is 12.1 Å². The first-order chi connectivity index (χ1) is 15.5. The molecule has 1 amide bonds. The monoisotopic (exact) mass is 450 g/mol. The van der Waals surface area contributed by atoms with Crippen molar-refractivity contribution in [3.63, 3.8) is 0 Å². The molecular formula is C24H26N4O3S. The highest BCUT2D eigenvalue weighted by Crippen LogP contribution is 2.16. The van der Waals surface area contributed by atoms with Gasteiger partial charge >= 0.3 is 0 Å². The molecule has 0 radical (unpaired) electrons. The zero-order valence-corrected chi connectivity index (χ0v) is 18.5. The third kappa shape index (κ3) is 5.59. The Morgan fingerprint density at radius 3 is 2.38 bits per heavy atom. The highest BCUT2D eigenvalue weighted by molar-refractivity contribution is 7.89. The van der Waals surface area contributed by atoms with E-state index < -0.39 is 10.0 Å². The number of pyridine rings is 1. The van der Waals surface area contributed by atoms with E-state index in [0.717, 1.165) is 30.9 Å². The Balaban J connectivity index is 1.37. The minimum atomic E-state index is -3.72. The van der Waals surface area contributed by atoms with Crippen molar-refractivity contribution in [1.82, 2.24) is 19.5 Å². The first-order valence-corrected chi connectivity index (χ1v) is 12.0. The number of carbonyl (C=O) groups is 1. The van der Waals surface area contributed by atoms with E-state index in [0.29, 0.717) is 18.7 Å². The van der Waals surface area contributed by atoms with Crippen molar-refractivity contribution in [3.05, 3.63) is 95.8 Å². The fourth-order valence-electron chi connectivity index (χ4n) is 3.67. The number of amides is 1. The Labute approximate surface area is 188 Å². The maximum atomic E-state index is 13.0. The van der Waals surface area contributed by atoms with Crippen LogP contribution in [0.2, 0.25) is 0 Å². The number of carbonyl (C=O) groups excluding carboxylic acids is 1. The number of rotatable bonds is 7. The Morgan fingerprint density at radius 2 is 1.66 bits per heavy atom. The largest absolute Gasteiger partial charge is 0.336 e. The van der Waals surface area contributed by atoms with Gasteiger partial charge in [-0.3, -0.25) is 14.7 Å². The molecule has 7 nitrogen and oxygen atoms in total. The van der Waals surface area contributed by atoms with Gasteiger partial charge in [0, 0.05) is 51.0 Å². The second-order valence-corrected chi connectivity index (χ2v) is 9.49. The van der Waals surface area contributed by atoms with Crippen molar-refractivity contribution < 1.29 is 13.2 Å². The van der Waals surface area contributed by atoms with Gasteiger partial charge in [0.15, 0.2) is 0 Å². The summed E-state index contributed by atoms with van der Waals surface area (Å²) in [6, 6.07) is 21.4. The van der Waals surface area contributed by atoms with E-state index in [-0.39, 0.29) is 17.3 Å². The SMILES string of the molecule is O=C(c1cccc(S(=O)(=O)NCc2ccccc2)c1)N1CCN(Cc2ccccn2)CC1. The summed E-state index contributed by atoms with van der Waals surface area (Å²) in [5.74, 6) is -0.150. The van der Waals surface area contributed by atoms with Crippen LogP contribution in [0.15, 0.2) is 83.9 Å². The smallest absolute Gasteiger partial charge is 0.253 e. The van der Waals surface area contributed by atoms with Gasteiger partial charge < -0.3 is 4.90 Å². The van der Waals surface area contributed by atoms with Gasteiger partial charge in [0.1, 0.15) is 0 Å². The number of piperazine rings is 1. The predicted molar refractivity (Wildman–Crippen MR) is 122 cm³/mol. The van der Waals surface area contributed by atoms with Gasteiger partial charge in [-0.1, -0.05) is 42.5 Å². The molecule has 2 aromatic carbocycles. The van der Waals surface area contributed by atoms with Crippen molar-refractivity contribution in [2.24, 2.45) is 0 Å². The molecule has 3 aromatic rings. The van der Waals surface area contributed by atoms with E-state index in [4.69, 9.17) is 0 Å². The van der Waals surface area contributed by atoms with Crippen LogP contribution in [0.4, 0.5) is 0 Å². The van der Waals surface area contributed by atoms with Crippen LogP contribution < -0.4 is 4.72 Å². The number of hydrogen-bond donors (Lipinski definition) is 1. The molecular weight excluding hydrogens is 424 g/mol. The molecule has 0 spiro atoms. The van der Waals surface area contributed by atoms with Gasteiger partial charge in [-0.05, 0) is 35.9 Å². The average Bonchev–Trinajstić information content (AvgIpc) is 2.84. The highest BCUT2D eigenvalue weighted by atomic mass is 32.2. The van der Waals surface area contributed by atoms with E-state index in [1.54, 1.807) is 23.2 Å². The van der Waals surface area contributed by atoms with Gasteiger partial charge in [-0.15, -0.1) is 0 Å². The molecule has 0 aliphatic carbocycles. The third-order valence-corrected chi connectivity index (χ3v) is 6.87. The first kappa shape index (κ1) is 22.1. The van der Waals surface area contributed by atoms with E-state index in [2.05, 4.69) is 14.6 Å². The summed E-state index contributed by atoms with van der Waals surface area (Å²) in [6.07, 6.45) is 1.78. The molecule has 0 saturated carbocycles. The fourth-order valence-corrected chi connectivity index (χ4v) is 4.73. The van der Waals surface area contributed by atoms with Crippen LogP contribution in [0.5, 0.6) is 0 Å². The topological polar surface area (TPSA) is 82.6 Å². The molecule has 1 aliphatic heterocycles. The van der Waals surface area contributed by atoms with Crippen LogP contribution in [-0.2, 0) is 23.1 Å². The highest BCUT2D eigenvalue weighted by Gasteiger charge is 2.24. The summed E-state index contributed by atoms with van der Waals surface area (Å²) in [7, 11) is -3.72. The number of sulfonamides is 1. The lowest BCUT2D eigenvalue weighted by molar-refractivity contribution is 0.0627. The van der Waals surface area contributed by atoms with Crippen molar-refractivity contribution in [3.8, 4) is 0 Å². The number of nitrogens with zero attached hydrogens (tertiary/aromatic N) is 3. The summed E-state index contributed by atoms with van der Waals surface area (Å²) in [4.78, 5) is 21.5. The van der Waals surface area contributed by atoms with Crippen molar-refractivity contribution in [2.45, 2.75) is 18.0 Å². The molecule has 1 aromatic heterocycles. The zero-order chi connectivity index (χ0) is 22.4. The van der Waals surface area contributed by atoms with Gasteiger partial charge in [-0.2, -0.15) is 0 Å². The number of benzene rings is 2. The molecule has 32 heavy (non-hydrogen) atoms. The minimum absolute atomic E-state index is 0.0908. The quantitative estimate of drug-likeness (QED) is 0.598. The van der Waals surface area contributed by atoms with Gasteiger partial charge in [0.05, 0.1) is 10.6 Å². The molecule has 0 unspecified atom stereocenters. The van der Waals surface area contributed by atoms with Crippen LogP contribution in [0.1, 0.15) is 21.6 Å². The summed E-state index contributed by atoms with van der Waals surface area (Å²) in [5.41, 5.74) is 2.26. The average molecular weight is 451 g/mol.